The number of carbonyl (C=O) groups is 2. The lowest BCUT2D eigenvalue weighted by Gasteiger charge is -2.08. The van der Waals surface area contributed by atoms with Gasteiger partial charge in [-0.1, -0.05) is 42.5 Å². The molecule has 6 nitrogen and oxygen atoms in total. The van der Waals surface area contributed by atoms with Crippen LogP contribution in [0, 0.1) is 13.8 Å². The minimum absolute atomic E-state index is 0.0375. The zero-order valence-corrected chi connectivity index (χ0v) is 21.6. The van der Waals surface area contributed by atoms with Crippen molar-refractivity contribution in [1.29, 1.82) is 0 Å². The fourth-order valence-corrected chi connectivity index (χ4v) is 3.56. The van der Waals surface area contributed by atoms with E-state index in [1.807, 2.05) is 32.0 Å². The van der Waals surface area contributed by atoms with Gasteiger partial charge < -0.3 is 19.3 Å². The average molecular weight is 499 g/mol. The maximum Gasteiger partial charge on any atom is 0.189 e. The molecule has 3 rings (SSSR count). The number of allylic oxidation sites excluding steroid dienone is 3. The summed E-state index contributed by atoms with van der Waals surface area (Å²) < 4.78 is 15.7. The number of hydrogen-bond donors (Lipinski definition) is 1. The molecule has 0 amide bonds. The fourth-order valence-electron chi connectivity index (χ4n) is 3.56. The van der Waals surface area contributed by atoms with E-state index in [4.69, 9.17) is 14.2 Å². The molecule has 0 aliphatic rings. The molecule has 0 aliphatic carbocycles. The number of phenols is 1. The molecule has 0 atom stereocenters. The second kappa shape index (κ2) is 12.4. The van der Waals surface area contributed by atoms with Crippen LogP contribution in [0.2, 0.25) is 0 Å². The fraction of sp³-hybridized carbons (Fsp3) is 0.161. The molecule has 6 heteroatoms. The van der Waals surface area contributed by atoms with Crippen molar-refractivity contribution in [3.63, 3.8) is 0 Å². The number of rotatable bonds is 10. The minimum atomic E-state index is -0.475. The van der Waals surface area contributed by atoms with Gasteiger partial charge in [-0.25, -0.2) is 0 Å². The quantitative estimate of drug-likeness (QED) is 0.210. The SMILES string of the molecule is COc1cc(/C=C(/C(=O)/C=C/c2ccc(C)c(C)c2)C(=O)/C=C/c2ccc(OC)c(OC)c2)ccc1O. The topological polar surface area (TPSA) is 82.1 Å². The summed E-state index contributed by atoms with van der Waals surface area (Å²) in [4.78, 5) is 26.4. The summed E-state index contributed by atoms with van der Waals surface area (Å²) in [5.41, 5.74) is 4.32. The molecule has 0 heterocycles. The van der Waals surface area contributed by atoms with Gasteiger partial charge in [0.1, 0.15) is 0 Å². The van der Waals surface area contributed by atoms with Crippen LogP contribution in [0.3, 0.4) is 0 Å². The normalized spacial score (nSPS) is 11.6. The number of carbonyl (C=O) groups excluding carboxylic acids is 2. The number of phenolic OH excluding ortho intramolecular Hbond substituents is 1. The van der Waals surface area contributed by atoms with Gasteiger partial charge in [-0.05, 0) is 84.2 Å². The molecule has 0 unspecified atom stereocenters. The Hall–Kier alpha value is -4.58. The summed E-state index contributed by atoms with van der Waals surface area (Å²) in [6, 6.07) is 15.7. The highest BCUT2D eigenvalue weighted by Gasteiger charge is 2.15. The van der Waals surface area contributed by atoms with Crippen molar-refractivity contribution in [2.24, 2.45) is 0 Å². The third-order valence-corrected chi connectivity index (χ3v) is 5.84. The van der Waals surface area contributed by atoms with Crippen LogP contribution in [0.1, 0.15) is 27.8 Å². The Morgan fingerprint density at radius 3 is 1.78 bits per heavy atom. The lowest BCUT2D eigenvalue weighted by atomic mass is 10.00. The Labute approximate surface area is 217 Å². The lowest BCUT2D eigenvalue weighted by molar-refractivity contribution is -0.116. The van der Waals surface area contributed by atoms with E-state index in [1.54, 1.807) is 49.6 Å². The van der Waals surface area contributed by atoms with Gasteiger partial charge in [0.15, 0.2) is 34.6 Å². The highest BCUT2D eigenvalue weighted by Crippen LogP contribution is 2.29. The summed E-state index contributed by atoms with van der Waals surface area (Å²) in [6.07, 6.45) is 7.50. The molecule has 0 radical (unpaired) electrons. The second-order valence-electron chi connectivity index (χ2n) is 8.34. The van der Waals surface area contributed by atoms with Gasteiger partial charge in [0.05, 0.1) is 26.9 Å². The second-order valence-corrected chi connectivity index (χ2v) is 8.34. The Morgan fingerprint density at radius 2 is 1.19 bits per heavy atom. The monoisotopic (exact) mass is 498 g/mol. The van der Waals surface area contributed by atoms with Crippen LogP contribution in [0.25, 0.3) is 18.2 Å². The zero-order valence-electron chi connectivity index (χ0n) is 21.6. The Balaban J connectivity index is 1.97. The molecule has 0 aliphatic heterocycles. The van der Waals surface area contributed by atoms with Crippen molar-refractivity contribution in [2.45, 2.75) is 13.8 Å². The largest absolute Gasteiger partial charge is 0.504 e. The van der Waals surface area contributed by atoms with Crippen LogP contribution >= 0.6 is 0 Å². The highest BCUT2D eigenvalue weighted by molar-refractivity contribution is 6.31. The number of benzene rings is 3. The van der Waals surface area contributed by atoms with Gasteiger partial charge in [0.25, 0.3) is 0 Å². The number of methoxy groups -OCH3 is 3. The first kappa shape index (κ1) is 27.0. The van der Waals surface area contributed by atoms with Crippen LogP contribution < -0.4 is 14.2 Å². The minimum Gasteiger partial charge on any atom is -0.504 e. The average Bonchev–Trinajstić information content (AvgIpc) is 2.91. The molecule has 0 spiro atoms. The van der Waals surface area contributed by atoms with Crippen molar-refractivity contribution >= 4 is 29.8 Å². The van der Waals surface area contributed by atoms with Crippen LogP contribution in [0.5, 0.6) is 23.0 Å². The number of aryl methyl sites for hydroxylation is 2. The first-order valence-corrected chi connectivity index (χ1v) is 11.6. The van der Waals surface area contributed by atoms with Gasteiger partial charge in [-0.3, -0.25) is 9.59 Å². The van der Waals surface area contributed by atoms with Crippen molar-refractivity contribution in [3.05, 3.63) is 100 Å². The zero-order chi connectivity index (χ0) is 26.9. The van der Waals surface area contributed by atoms with Crippen LogP contribution in [-0.2, 0) is 9.59 Å². The van der Waals surface area contributed by atoms with Crippen molar-refractivity contribution in [3.8, 4) is 23.0 Å². The lowest BCUT2D eigenvalue weighted by Crippen LogP contribution is -2.08. The number of ether oxygens (including phenoxy) is 3. The standard InChI is InChI=1S/C31H30O6/c1-20-6-7-22(16-21(20)2)8-12-26(32)25(17-24-10-14-28(34)30(19-24)36-4)27(33)13-9-23-11-15-29(35-3)31(18-23)37-5/h6-19,34H,1-5H3/b12-8+,13-9+,25-17-. The smallest absolute Gasteiger partial charge is 0.189 e. The van der Waals surface area contributed by atoms with E-state index in [0.29, 0.717) is 22.6 Å². The molecule has 3 aromatic carbocycles. The number of ketones is 2. The van der Waals surface area contributed by atoms with E-state index in [1.165, 1.54) is 38.5 Å². The van der Waals surface area contributed by atoms with Gasteiger partial charge in [0, 0.05) is 0 Å². The molecule has 0 saturated carbocycles. The molecule has 0 bridgehead atoms. The molecule has 37 heavy (non-hydrogen) atoms. The summed E-state index contributed by atoms with van der Waals surface area (Å²) in [7, 11) is 4.51. The van der Waals surface area contributed by atoms with E-state index >= 15 is 0 Å². The first-order valence-electron chi connectivity index (χ1n) is 11.6. The Bertz CT molecular complexity index is 1390. The molecular formula is C31H30O6. The molecular weight excluding hydrogens is 468 g/mol. The highest BCUT2D eigenvalue weighted by atomic mass is 16.5. The van der Waals surface area contributed by atoms with Crippen LogP contribution in [0.15, 0.2) is 72.3 Å². The molecule has 3 aromatic rings. The van der Waals surface area contributed by atoms with E-state index in [9.17, 15) is 14.7 Å². The maximum absolute atomic E-state index is 13.2. The third-order valence-electron chi connectivity index (χ3n) is 5.84. The van der Waals surface area contributed by atoms with Gasteiger partial charge in [-0.15, -0.1) is 0 Å². The third kappa shape index (κ3) is 6.98. The maximum atomic E-state index is 13.2. The predicted octanol–water partition coefficient (Wildman–Crippen LogP) is 5.98. The van der Waals surface area contributed by atoms with Crippen molar-refractivity contribution in [2.75, 3.05) is 21.3 Å². The summed E-state index contributed by atoms with van der Waals surface area (Å²) in [5.74, 6) is 0.362. The van der Waals surface area contributed by atoms with Crippen molar-refractivity contribution in [1.82, 2.24) is 0 Å². The van der Waals surface area contributed by atoms with Gasteiger partial charge in [0.2, 0.25) is 0 Å². The van der Waals surface area contributed by atoms with Gasteiger partial charge in [-0.2, -0.15) is 0 Å². The number of aromatic hydroxyl groups is 1. The molecule has 190 valence electrons. The molecule has 0 fully saturated rings. The van der Waals surface area contributed by atoms with E-state index in [-0.39, 0.29) is 17.1 Å². The summed E-state index contributed by atoms with van der Waals surface area (Å²) in [5, 5.41) is 9.91. The van der Waals surface area contributed by atoms with Crippen molar-refractivity contribution < 1.29 is 28.9 Å². The van der Waals surface area contributed by atoms with E-state index in [0.717, 1.165) is 16.7 Å². The summed E-state index contributed by atoms with van der Waals surface area (Å²) >= 11 is 0. The summed E-state index contributed by atoms with van der Waals surface area (Å²) in [6.45, 7) is 4.02. The van der Waals surface area contributed by atoms with Gasteiger partial charge >= 0.3 is 0 Å². The first-order chi connectivity index (χ1) is 17.7. The van der Waals surface area contributed by atoms with Crippen LogP contribution in [-0.4, -0.2) is 38.0 Å². The molecule has 0 saturated heterocycles. The molecule has 0 aromatic heterocycles. The van der Waals surface area contributed by atoms with E-state index in [2.05, 4.69) is 0 Å². The van der Waals surface area contributed by atoms with Crippen LogP contribution in [0.4, 0.5) is 0 Å². The van der Waals surface area contributed by atoms with E-state index < -0.39 is 11.6 Å². The Morgan fingerprint density at radius 1 is 0.649 bits per heavy atom. The Kier molecular flexibility index (Phi) is 9.05. The molecule has 1 N–H and O–H groups in total. The predicted molar refractivity (Wildman–Crippen MR) is 146 cm³/mol. The number of hydrogen-bond acceptors (Lipinski definition) is 6.